The predicted octanol–water partition coefficient (Wildman–Crippen LogP) is 3.21. The van der Waals surface area contributed by atoms with Crippen molar-refractivity contribution in [2.24, 2.45) is 0 Å². The van der Waals surface area contributed by atoms with Crippen LogP contribution >= 0.6 is 11.6 Å². The maximum absolute atomic E-state index is 11.9. The van der Waals surface area contributed by atoms with Gasteiger partial charge in [-0.3, -0.25) is 9.59 Å². The average Bonchev–Trinajstić information content (AvgIpc) is 2.63. The maximum atomic E-state index is 11.9. The molecule has 2 aromatic carbocycles. The zero-order valence-corrected chi connectivity index (χ0v) is 14.9. The molecule has 25 heavy (non-hydrogen) atoms. The molecule has 0 spiro atoms. The molecule has 0 heterocycles. The molecule has 0 unspecified atom stereocenters. The molecule has 0 aliphatic heterocycles. The number of nitrogens with one attached hydrogen (secondary N) is 3. The lowest BCUT2D eigenvalue weighted by molar-refractivity contribution is -0.116. The van der Waals surface area contributed by atoms with Crippen LogP contribution in [0.25, 0.3) is 0 Å². The summed E-state index contributed by atoms with van der Waals surface area (Å²) in [4.78, 5) is 23.3. The van der Waals surface area contributed by atoms with E-state index in [-0.39, 0.29) is 11.8 Å². The summed E-state index contributed by atoms with van der Waals surface area (Å²) in [6, 6.07) is 14.5. The largest absolute Gasteiger partial charge is 0.355 e. The molecule has 5 nitrogen and oxygen atoms in total. The van der Waals surface area contributed by atoms with E-state index in [4.69, 9.17) is 11.6 Å². The zero-order chi connectivity index (χ0) is 18.1. The summed E-state index contributed by atoms with van der Waals surface area (Å²) in [5.41, 5.74) is 2.49. The van der Waals surface area contributed by atoms with Crippen LogP contribution in [0.1, 0.15) is 28.8 Å². The number of anilines is 1. The number of carbonyl (C=O) groups is 2. The first kappa shape index (κ1) is 19.0. The van der Waals surface area contributed by atoms with Gasteiger partial charge in [0.15, 0.2) is 0 Å². The van der Waals surface area contributed by atoms with Gasteiger partial charge in [0.2, 0.25) is 5.91 Å². The molecule has 2 amide bonds. The molecular weight excluding hydrogens is 338 g/mol. The lowest BCUT2D eigenvalue weighted by atomic mass is 10.1. The van der Waals surface area contributed by atoms with Crippen molar-refractivity contribution in [3.05, 3.63) is 64.7 Å². The predicted molar refractivity (Wildman–Crippen MR) is 101 cm³/mol. The van der Waals surface area contributed by atoms with Crippen LogP contribution in [0.15, 0.2) is 48.5 Å². The van der Waals surface area contributed by atoms with Crippen molar-refractivity contribution < 1.29 is 9.59 Å². The van der Waals surface area contributed by atoms with E-state index >= 15 is 0 Å². The Morgan fingerprint density at radius 2 is 1.68 bits per heavy atom. The monoisotopic (exact) mass is 359 g/mol. The van der Waals surface area contributed by atoms with E-state index in [2.05, 4.69) is 16.0 Å². The minimum Gasteiger partial charge on any atom is -0.355 e. The maximum Gasteiger partial charge on any atom is 0.251 e. The lowest BCUT2D eigenvalue weighted by Gasteiger charge is -2.07. The van der Waals surface area contributed by atoms with Crippen LogP contribution in [0.3, 0.4) is 0 Å². The summed E-state index contributed by atoms with van der Waals surface area (Å²) in [7, 11) is 1.61. The quantitative estimate of drug-likeness (QED) is 0.634. The molecule has 0 bridgehead atoms. The third-order valence-electron chi connectivity index (χ3n) is 3.66. The van der Waals surface area contributed by atoms with Gasteiger partial charge in [-0.05, 0) is 54.9 Å². The van der Waals surface area contributed by atoms with E-state index in [9.17, 15) is 9.59 Å². The second-order valence-electron chi connectivity index (χ2n) is 5.61. The molecule has 0 radical (unpaired) electrons. The van der Waals surface area contributed by atoms with Crippen LogP contribution in [-0.2, 0) is 11.3 Å². The van der Waals surface area contributed by atoms with E-state index in [1.807, 2.05) is 12.1 Å². The third kappa shape index (κ3) is 6.57. The van der Waals surface area contributed by atoms with Gasteiger partial charge in [0.1, 0.15) is 0 Å². The Hall–Kier alpha value is -2.37. The summed E-state index contributed by atoms with van der Waals surface area (Å²) in [5, 5.41) is 9.37. The van der Waals surface area contributed by atoms with Crippen molar-refractivity contribution in [2.45, 2.75) is 19.4 Å². The molecule has 0 saturated carbocycles. The van der Waals surface area contributed by atoms with Crippen molar-refractivity contribution in [3.63, 3.8) is 0 Å². The van der Waals surface area contributed by atoms with Gasteiger partial charge < -0.3 is 16.0 Å². The molecule has 0 fully saturated rings. The molecule has 6 heteroatoms. The van der Waals surface area contributed by atoms with E-state index < -0.39 is 0 Å². The number of carbonyl (C=O) groups excluding carboxylic acids is 2. The SMILES string of the molecule is CNC(=O)c1ccc(CNCCCC(=O)Nc2ccc(Cl)cc2)cc1. The number of halogens is 1. The number of amides is 2. The normalized spacial score (nSPS) is 10.3. The molecule has 0 aliphatic rings. The molecular formula is C19H22ClN3O2. The van der Waals surface area contributed by atoms with Crippen LogP contribution in [0.5, 0.6) is 0 Å². The zero-order valence-electron chi connectivity index (χ0n) is 14.1. The van der Waals surface area contributed by atoms with Crippen LogP contribution in [0, 0.1) is 0 Å². The Morgan fingerprint density at radius 1 is 1.00 bits per heavy atom. The van der Waals surface area contributed by atoms with Gasteiger partial charge in [-0.1, -0.05) is 23.7 Å². The highest BCUT2D eigenvalue weighted by molar-refractivity contribution is 6.30. The van der Waals surface area contributed by atoms with Gasteiger partial charge in [-0.25, -0.2) is 0 Å². The third-order valence-corrected chi connectivity index (χ3v) is 3.91. The summed E-state index contributed by atoms with van der Waals surface area (Å²) < 4.78 is 0. The summed E-state index contributed by atoms with van der Waals surface area (Å²) in [6.07, 6.45) is 1.20. The highest BCUT2D eigenvalue weighted by Gasteiger charge is 2.03. The van der Waals surface area contributed by atoms with E-state index in [1.54, 1.807) is 43.4 Å². The standard InChI is InChI=1S/C19H22ClN3O2/c1-21-19(25)15-6-4-14(5-7-15)13-22-12-2-3-18(24)23-17-10-8-16(20)9-11-17/h4-11,22H,2-3,12-13H2,1H3,(H,21,25)(H,23,24). The van der Waals surface area contributed by atoms with E-state index in [0.717, 1.165) is 24.2 Å². The van der Waals surface area contributed by atoms with Crippen molar-refractivity contribution in [1.82, 2.24) is 10.6 Å². The Kier molecular flexibility index (Phi) is 7.44. The summed E-state index contributed by atoms with van der Waals surface area (Å²) in [5.74, 6) is -0.106. The molecule has 2 aromatic rings. The van der Waals surface area contributed by atoms with E-state index in [0.29, 0.717) is 23.6 Å². The van der Waals surface area contributed by atoms with Gasteiger partial charge in [-0.15, -0.1) is 0 Å². The fraction of sp³-hybridized carbons (Fsp3) is 0.263. The summed E-state index contributed by atoms with van der Waals surface area (Å²) in [6.45, 7) is 1.44. The topological polar surface area (TPSA) is 70.2 Å². The van der Waals surface area contributed by atoms with Gasteiger partial charge in [0.25, 0.3) is 5.91 Å². The Balaban J connectivity index is 1.63. The van der Waals surface area contributed by atoms with Crippen LogP contribution in [-0.4, -0.2) is 25.4 Å². The van der Waals surface area contributed by atoms with Gasteiger partial charge in [0, 0.05) is 36.3 Å². The summed E-state index contributed by atoms with van der Waals surface area (Å²) >= 11 is 5.81. The molecule has 0 aromatic heterocycles. The first-order chi connectivity index (χ1) is 12.1. The Morgan fingerprint density at radius 3 is 2.32 bits per heavy atom. The first-order valence-corrected chi connectivity index (χ1v) is 8.53. The fourth-order valence-electron chi connectivity index (χ4n) is 2.28. The molecule has 0 saturated heterocycles. The molecule has 132 valence electrons. The lowest BCUT2D eigenvalue weighted by Crippen LogP contribution is -2.19. The average molecular weight is 360 g/mol. The molecule has 0 aliphatic carbocycles. The van der Waals surface area contributed by atoms with Crippen molar-refractivity contribution >= 4 is 29.1 Å². The van der Waals surface area contributed by atoms with Crippen LogP contribution < -0.4 is 16.0 Å². The minimum atomic E-state index is -0.0915. The van der Waals surface area contributed by atoms with Crippen molar-refractivity contribution in [1.29, 1.82) is 0 Å². The molecule has 0 atom stereocenters. The Labute approximate surface area is 152 Å². The van der Waals surface area contributed by atoms with Crippen LogP contribution in [0.4, 0.5) is 5.69 Å². The van der Waals surface area contributed by atoms with Gasteiger partial charge in [-0.2, -0.15) is 0 Å². The second-order valence-corrected chi connectivity index (χ2v) is 6.05. The second kappa shape index (κ2) is 9.81. The highest BCUT2D eigenvalue weighted by Crippen LogP contribution is 2.13. The molecule has 2 rings (SSSR count). The highest BCUT2D eigenvalue weighted by atomic mass is 35.5. The minimum absolute atomic E-state index is 0.0148. The number of hydrogen-bond acceptors (Lipinski definition) is 3. The van der Waals surface area contributed by atoms with Gasteiger partial charge >= 0.3 is 0 Å². The number of benzene rings is 2. The molecule has 3 N–H and O–H groups in total. The Bertz CT molecular complexity index is 700. The van der Waals surface area contributed by atoms with Crippen LogP contribution in [0.2, 0.25) is 5.02 Å². The van der Waals surface area contributed by atoms with E-state index in [1.165, 1.54) is 0 Å². The first-order valence-electron chi connectivity index (χ1n) is 8.15. The van der Waals surface area contributed by atoms with Gasteiger partial charge in [0.05, 0.1) is 0 Å². The fourth-order valence-corrected chi connectivity index (χ4v) is 2.41. The number of rotatable bonds is 8. The van der Waals surface area contributed by atoms with Crippen molar-refractivity contribution in [3.8, 4) is 0 Å². The van der Waals surface area contributed by atoms with Crippen molar-refractivity contribution in [2.75, 3.05) is 18.9 Å². The number of hydrogen-bond donors (Lipinski definition) is 3. The smallest absolute Gasteiger partial charge is 0.251 e.